The highest BCUT2D eigenvalue weighted by atomic mass is 32.2. The number of carbonyl (C=O) groups is 1. The van der Waals surface area contributed by atoms with Crippen LogP contribution in [-0.2, 0) is 24.4 Å². The summed E-state index contributed by atoms with van der Waals surface area (Å²) in [5, 5.41) is -1.66. The van der Waals surface area contributed by atoms with Crippen molar-refractivity contribution in [1.29, 1.82) is 0 Å². The third-order valence-electron chi connectivity index (χ3n) is 1.41. The summed E-state index contributed by atoms with van der Waals surface area (Å²) in [4.78, 5) is 15.7. The maximum absolute atomic E-state index is 11.6. The molecule has 0 saturated carbocycles. The highest BCUT2D eigenvalue weighted by Crippen LogP contribution is 2.14. The lowest BCUT2D eigenvalue weighted by Crippen LogP contribution is -2.39. The number of halogens is 3. The van der Waals surface area contributed by atoms with Crippen LogP contribution in [0.25, 0.3) is 0 Å². The van der Waals surface area contributed by atoms with Crippen LogP contribution in [0.4, 0.5) is 13.2 Å². The molecule has 0 fully saturated rings. The Labute approximate surface area is 89.7 Å². The number of esters is 1. The number of rotatable bonds is 5. The Hall–Kier alpha value is -0.870. The average Bonchev–Trinajstić information content (AvgIpc) is 2.13. The first-order chi connectivity index (χ1) is 7.10. The summed E-state index contributed by atoms with van der Waals surface area (Å²) in [7, 11) is -3.39. The highest BCUT2D eigenvalue weighted by molar-refractivity contribution is 7.90. The predicted molar refractivity (Wildman–Crippen MR) is 45.5 cm³/mol. The first-order valence-electron chi connectivity index (χ1n) is 3.87. The minimum atomic E-state index is -4.67. The molecule has 0 spiro atoms. The molecule has 0 saturated heterocycles. The average molecular weight is 265 g/mol. The smallest absolute Gasteiger partial charge is 0.413 e. The summed E-state index contributed by atoms with van der Waals surface area (Å²) in [6.07, 6.45) is -4.67. The van der Waals surface area contributed by atoms with Gasteiger partial charge in [-0.1, -0.05) is 4.89 Å². The molecule has 0 aromatic heterocycles. The summed E-state index contributed by atoms with van der Waals surface area (Å²) in [6, 6.07) is 0. The lowest BCUT2D eigenvalue weighted by molar-refractivity contribution is -0.181. The molecular weight excluding hydrogens is 255 g/mol. The fourth-order valence-corrected chi connectivity index (χ4v) is 1.28. The zero-order chi connectivity index (χ0) is 13.0. The van der Waals surface area contributed by atoms with Crippen molar-refractivity contribution < 1.29 is 36.0 Å². The van der Waals surface area contributed by atoms with E-state index in [0.717, 1.165) is 14.0 Å². The van der Waals surface area contributed by atoms with Gasteiger partial charge in [0.1, 0.15) is 0 Å². The van der Waals surface area contributed by atoms with Crippen molar-refractivity contribution in [3.63, 3.8) is 0 Å². The fraction of sp³-hybridized carbons (Fsp3) is 0.833. The van der Waals surface area contributed by atoms with Gasteiger partial charge < -0.3 is 4.74 Å². The molecule has 1 unspecified atom stereocenters. The molecule has 0 rings (SSSR count). The Morgan fingerprint density at radius 2 is 1.94 bits per heavy atom. The van der Waals surface area contributed by atoms with E-state index in [1.54, 1.807) is 0 Å². The van der Waals surface area contributed by atoms with Crippen LogP contribution in [0.15, 0.2) is 0 Å². The van der Waals surface area contributed by atoms with Crippen LogP contribution in [0.1, 0.15) is 6.92 Å². The molecule has 0 heterocycles. The van der Waals surface area contributed by atoms with Crippen molar-refractivity contribution in [2.24, 2.45) is 0 Å². The van der Waals surface area contributed by atoms with E-state index >= 15 is 0 Å². The van der Waals surface area contributed by atoms with Crippen molar-refractivity contribution in [3.05, 3.63) is 0 Å². The molecule has 0 aromatic carbocycles. The molecule has 0 aliphatic heterocycles. The Kier molecular flexibility index (Phi) is 5.16. The summed E-state index contributed by atoms with van der Waals surface area (Å²) in [6.45, 7) is -0.842. The minimum absolute atomic E-state index is 0.949. The maximum Gasteiger partial charge on any atom is 0.413 e. The van der Waals surface area contributed by atoms with Gasteiger partial charge in [-0.05, 0) is 6.92 Å². The standard InChI is InChI=1S/C6H10F3NO5S/c1-4(5(11)14-2)16(12,13)10-15-3-6(7,8)9/h4,10H,3H2,1-2H3. The number of carbonyl (C=O) groups excluding carboxylic acids is 1. The number of hydrogen-bond acceptors (Lipinski definition) is 5. The van der Waals surface area contributed by atoms with Crippen LogP contribution >= 0.6 is 0 Å². The van der Waals surface area contributed by atoms with E-state index in [1.807, 2.05) is 0 Å². The Bertz CT molecular complexity index is 339. The Morgan fingerprint density at radius 1 is 1.44 bits per heavy atom. The van der Waals surface area contributed by atoms with Crippen LogP contribution in [0.3, 0.4) is 0 Å². The molecule has 0 radical (unpaired) electrons. The SMILES string of the molecule is COC(=O)C(C)S(=O)(=O)NOCC(F)(F)F. The third-order valence-corrected chi connectivity index (χ3v) is 2.88. The van der Waals surface area contributed by atoms with Crippen molar-refractivity contribution in [2.45, 2.75) is 18.3 Å². The molecule has 0 aromatic rings. The van der Waals surface area contributed by atoms with Crippen LogP contribution in [-0.4, -0.2) is 39.5 Å². The van der Waals surface area contributed by atoms with Gasteiger partial charge in [0.05, 0.1) is 7.11 Å². The van der Waals surface area contributed by atoms with E-state index in [1.165, 1.54) is 4.89 Å². The minimum Gasteiger partial charge on any atom is -0.468 e. The lowest BCUT2D eigenvalue weighted by atomic mass is 10.5. The van der Waals surface area contributed by atoms with E-state index in [4.69, 9.17) is 0 Å². The van der Waals surface area contributed by atoms with Gasteiger partial charge in [-0.2, -0.15) is 13.2 Å². The summed E-state index contributed by atoms with van der Waals surface area (Å²) in [5.74, 6) is -1.11. The second kappa shape index (κ2) is 5.46. The quantitative estimate of drug-likeness (QED) is 0.557. The second-order valence-electron chi connectivity index (χ2n) is 2.70. The van der Waals surface area contributed by atoms with E-state index in [9.17, 15) is 26.4 Å². The largest absolute Gasteiger partial charge is 0.468 e. The Balaban J connectivity index is 4.32. The Morgan fingerprint density at radius 3 is 2.31 bits per heavy atom. The van der Waals surface area contributed by atoms with Gasteiger partial charge in [0, 0.05) is 0 Å². The van der Waals surface area contributed by atoms with E-state index < -0.39 is 34.0 Å². The van der Waals surface area contributed by atoms with Gasteiger partial charge in [-0.25, -0.2) is 8.42 Å². The van der Waals surface area contributed by atoms with Crippen LogP contribution in [0, 0.1) is 0 Å². The second-order valence-corrected chi connectivity index (χ2v) is 4.66. The first-order valence-corrected chi connectivity index (χ1v) is 5.42. The van der Waals surface area contributed by atoms with Crippen molar-refractivity contribution >= 4 is 16.0 Å². The van der Waals surface area contributed by atoms with Crippen LogP contribution < -0.4 is 4.89 Å². The van der Waals surface area contributed by atoms with E-state index in [-0.39, 0.29) is 0 Å². The number of sulfonamides is 1. The number of alkyl halides is 3. The van der Waals surface area contributed by atoms with Crippen LogP contribution in [0.2, 0.25) is 0 Å². The van der Waals surface area contributed by atoms with Gasteiger partial charge in [0.15, 0.2) is 11.9 Å². The molecular formula is C6H10F3NO5S. The number of hydrogen-bond donors (Lipinski definition) is 1. The van der Waals surface area contributed by atoms with Gasteiger partial charge in [0.2, 0.25) is 10.0 Å². The monoisotopic (exact) mass is 265 g/mol. The number of nitrogens with one attached hydrogen (secondary N) is 1. The molecule has 0 amide bonds. The molecule has 0 aliphatic carbocycles. The van der Waals surface area contributed by atoms with Gasteiger partial charge in [0.25, 0.3) is 0 Å². The molecule has 96 valence electrons. The molecule has 0 bridgehead atoms. The lowest BCUT2D eigenvalue weighted by Gasteiger charge is -2.12. The molecule has 1 N–H and O–H groups in total. The van der Waals surface area contributed by atoms with Crippen molar-refractivity contribution in [2.75, 3.05) is 13.7 Å². The van der Waals surface area contributed by atoms with Crippen LogP contribution in [0.5, 0.6) is 0 Å². The van der Waals surface area contributed by atoms with E-state index in [2.05, 4.69) is 9.57 Å². The fourth-order valence-electron chi connectivity index (χ4n) is 0.558. The van der Waals surface area contributed by atoms with Crippen molar-refractivity contribution in [1.82, 2.24) is 4.89 Å². The van der Waals surface area contributed by atoms with Gasteiger partial charge >= 0.3 is 12.1 Å². The normalized spacial score (nSPS) is 14.6. The summed E-state index contributed by atoms with van der Waals surface area (Å²) >= 11 is 0. The zero-order valence-electron chi connectivity index (χ0n) is 8.37. The highest BCUT2D eigenvalue weighted by Gasteiger charge is 2.32. The van der Waals surface area contributed by atoms with Gasteiger partial charge in [-0.3, -0.25) is 9.63 Å². The first kappa shape index (κ1) is 15.1. The van der Waals surface area contributed by atoms with Gasteiger partial charge in [-0.15, -0.1) is 0 Å². The predicted octanol–water partition coefficient (Wildman–Crippen LogP) is -0.0388. The maximum atomic E-state index is 11.6. The summed E-state index contributed by atoms with van der Waals surface area (Å²) < 4.78 is 61.2. The topological polar surface area (TPSA) is 81.7 Å². The van der Waals surface area contributed by atoms with E-state index in [0.29, 0.717) is 0 Å². The number of ether oxygens (including phenoxy) is 1. The van der Waals surface area contributed by atoms with Crippen molar-refractivity contribution in [3.8, 4) is 0 Å². The molecule has 10 heteroatoms. The molecule has 0 aliphatic rings. The number of methoxy groups -OCH3 is 1. The summed E-state index contributed by atoms with van der Waals surface area (Å²) in [5.41, 5.74) is 0. The zero-order valence-corrected chi connectivity index (χ0v) is 9.18. The molecule has 16 heavy (non-hydrogen) atoms. The molecule has 1 atom stereocenters. The third kappa shape index (κ3) is 5.28. The molecule has 6 nitrogen and oxygen atoms in total.